The second kappa shape index (κ2) is 12.8. The molecule has 1 aliphatic rings. The van der Waals surface area contributed by atoms with Crippen LogP contribution in [0, 0.1) is 0 Å². The number of hydrogen-bond donors (Lipinski definition) is 2. The summed E-state index contributed by atoms with van der Waals surface area (Å²) < 4.78 is 11.4. The summed E-state index contributed by atoms with van der Waals surface area (Å²) in [7, 11) is 0. The highest BCUT2D eigenvalue weighted by Crippen LogP contribution is 2.19. The molecule has 2 aromatic rings. The molecule has 3 rings (SSSR count). The number of amides is 2. The van der Waals surface area contributed by atoms with Gasteiger partial charge in [-0.2, -0.15) is 0 Å². The summed E-state index contributed by atoms with van der Waals surface area (Å²) in [5.74, 6) is 1.49. The second-order valence-corrected chi connectivity index (χ2v) is 7.99. The molecule has 0 saturated carbocycles. The summed E-state index contributed by atoms with van der Waals surface area (Å²) in [5.41, 5.74) is 1.12. The number of carbonyl (C=O) groups excluding carboxylic acids is 1. The van der Waals surface area contributed by atoms with E-state index < -0.39 is 6.10 Å². The first-order valence-corrected chi connectivity index (χ1v) is 11.3. The Morgan fingerprint density at radius 2 is 1.61 bits per heavy atom. The molecule has 0 aromatic heterocycles. The Hall–Kier alpha value is -2.73. The number of likely N-dealkylation sites (tertiary alicyclic amines) is 1. The largest absolute Gasteiger partial charge is 0.491 e. The Balaban J connectivity index is 1.24. The van der Waals surface area contributed by atoms with Crippen molar-refractivity contribution in [3.63, 3.8) is 0 Å². The van der Waals surface area contributed by atoms with Gasteiger partial charge in [0.2, 0.25) is 0 Å². The van der Waals surface area contributed by atoms with Gasteiger partial charge in [0, 0.05) is 19.6 Å². The van der Waals surface area contributed by atoms with Gasteiger partial charge in [0.1, 0.15) is 24.7 Å². The minimum Gasteiger partial charge on any atom is -0.491 e. The fourth-order valence-electron chi connectivity index (χ4n) is 3.56. The number of hydrogen-bond acceptors (Lipinski definition) is 4. The summed E-state index contributed by atoms with van der Waals surface area (Å²) in [6.45, 7) is 3.15. The van der Waals surface area contributed by atoms with Gasteiger partial charge in [0.05, 0.1) is 6.10 Å². The third-order valence-corrected chi connectivity index (χ3v) is 5.40. The lowest BCUT2D eigenvalue weighted by Crippen LogP contribution is -2.43. The van der Waals surface area contributed by atoms with Crippen LogP contribution in [0.5, 0.6) is 11.5 Å². The lowest BCUT2D eigenvalue weighted by atomic mass is 10.1. The van der Waals surface area contributed by atoms with E-state index in [1.54, 1.807) is 0 Å². The maximum Gasteiger partial charge on any atom is 0.317 e. The van der Waals surface area contributed by atoms with Gasteiger partial charge in [-0.05, 0) is 68.4 Å². The molecule has 1 saturated heterocycles. The molecule has 2 amide bonds. The normalized spacial score (nSPS) is 14.7. The first-order chi connectivity index (χ1) is 15.2. The van der Waals surface area contributed by atoms with Crippen molar-refractivity contribution in [1.82, 2.24) is 10.2 Å². The minimum absolute atomic E-state index is 0.0415. The van der Waals surface area contributed by atoms with E-state index in [1.807, 2.05) is 59.5 Å². The highest BCUT2D eigenvalue weighted by atomic mass is 16.5. The first-order valence-electron chi connectivity index (χ1n) is 11.3. The predicted octanol–water partition coefficient (Wildman–Crippen LogP) is 4.37. The van der Waals surface area contributed by atoms with Gasteiger partial charge in [-0.1, -0.05) is 30.3 Å². The highest BCUT2D eigenvalue weighted by Gasteiger charge is 2.15. The van der Waals surface area contributed by atoms with E-state index in [2.05, 4.69) is 5.32 Å². The third-order valence-electron chi connectivity index (χ3n) is 5.40. The number of rotatable bonds is 11. The molecule has 31 heavy (non-hydrogen) atoms. The Morgan fingerprint density at radius 3 is 2.32 bits per heavy atom. The molecule has 0 aliphatic carbocycles. The number of carbonyl (C=O) groups is 1. The van der Waals surface area contributed by atoms with Gasteiger partial charge >= 0.3 is 6.03 Å². The maximum atomic E-state index is 12.0. The molecule has 6 nitrogen and oxygen atoms in total. The van der Waals surface area contributed by atoms with E-state index in [0.29, 0.717) is 25.3 Å². The molecule has 0 radical (unpaired) electrons. The van der Waals surface area contributed by atoms with Crippen LogP contribution in [0.3, 0.4) is 0 Å². The average molecular weight is 427 g/mol. The molecule has 0 spiro atoms. The van der Waals surface area contributed by atoms with E-state index in [1.165, 1.54) is 6.42 Å². The number of piperidine rings is 1. The van der Waals surface area contributed by atoms with E-state index in [-0.39, 0.29) is 12.6 Å². The molecule has 0 unspecified atom stereocenters. The zero-order valence-corrected chi connectivity index (χ0v) is 18.2. The quantitative estimate of drug-likeness (QED) is 0.524. The summed E-state index contributed by atoms with van der Waals surface area (Å²) in [4.78, 5) is 13.9. The number of urea groups is 1. The van der Waals surface area contributed by atoms with Crippen LogP contribution >= 0.6 is 0 Å². The van der Waals surface area contributed by atoms with Gasteiger partial charge in [0.25, 0.3) is 0 Å². The number of aliphatic hydroxyl groups excluding tert-OH is 1. The highest BCUT2D eigenvalue weighted by molar-refractivity contribution is 5.74. The van der Waals surface area contributed by atoms with Crippen LogP contribution in [0.25, 0.3) is 0 Å². The smallest absolute Gasteiger partial charge is 0.317 e. The molecule has 1 atom stereocenters. The van der Waals surface area contributed by atoms with Crippen LogP contribution in [-0.4, -0.2) is 48.4 Å². The van der Waals surface area contributed by atoms with Crippen molar-refractivity contribution >= 4 is 6.03 Å². The van der Waals surface area contributed by atoms with Crippen LogP contribution in [0.15, 0.2) is 54.6 Å². The summed E-state index contributed by atoms with van der Waals surface area (Å²) in [5, 5.41) is 13.1. The standard InChI is InChI=1S/C25H34N2O4/c28-22(11-5-6-16-26-25(29)27-17-7-2-8-18-27)20-31-24-14-12-23(13-15-24)30-19-21-9-3-1-4-10-21/h1,3-4,9-10,12-15,22,28H,2,5-8,11,16-20H2,(H,26,29)/t22-/m1/s1. The molecule has 2 N–H and O–H groups in total. The molecular weight excluding hydrogens is 392 g/mol. The van der Waals surface area contributed by atoms with E-state index in [0.717, 1.165) is 50.1 Å². The molecule has 2 aromatic carbocycles. The van der Waals surface area contributed by atoms with Crippen molar-refractivity contribution in [2.45, 2.75) is 51.2 Å². The van der Waals surface area contributed by atoms with Gasteiger partial charge in [-0.25, -0.2) is 4.79 Å². The van der Waals surface area contributed by atoms with Crippen LogP contribution in [0.2, 0.25) is 0 Å². The van der Waals surface area contributed by atoms with Crippen molar-refractivity contribution in [3.05, 3.63) is 60.2 Å². The van der Waals surface area contributed by atoms with E-state index >= 15 is 0 Å². The van der Waals surface area contributed by atoms with E-state index in [9.17, 15) is 9.90 Å². The molecule has 0 bridgehead atoms. The van der Waals surface area contributed by atoms with Gasteiger partial charge in [0.15, 0.2) is 0 Å². The fourth-order valence-corrected chi connectivity index (χ4v) is 3.56. The topological polar surface area (TPSA) is 71.0 Å². The van der Waals surface area contributed by atoms with Crippen LogP contribution in [0.4, 0.5) is 4.79 Å². The van der Waals surface area contributed by atoms with Crippen LogP contribution < -0.4 is 14.8 Å². The van der Waals surface area contributed by atoms with Crippen molar-refractivity contribution in [1.29, 1.82) is 0 Å². The SMILES string of the molecule is O=C(NCCCC[C@@H](O)COc1ccc(OCc2ccccc2)cc1)N1CCCCC1. The number of nitrogens with zero attached hydrogens (tertiary/aromatic N) is 1. The average Bonchev–Trinajstić information content (AvgIpc) is 2.83. The van der Waals surface area contributed by atoms with Crippen LogP contribution in [0.1, 0.15) is 44.1 Å². The monoisotopic (exact) mass is 426 g/mol. The zero-order valence-electron chi connectivity index (χ0n) is 18.2. The summed E-state index contributed by atoms with van der Waals surface area (Å²) >= 11 is 0. The fraction of sp³-hybridized carbons (Fsp3) is 0.480. The number of aliphatic hydroxyl groups is 1. The number of ether oxygens (including phenoxy) is 2. The minimum atomic E-state index is -0.521. The molecule has 168 valence electrons. The molecule has 1 heterocycles. The Kier molecular flexibility index (Phi) is 9.51. The van der Waals surface area contributed by atoms with Crippen molar-refractivity contribution in [2.24, 2.45) is 0 Å². The lowest BCUT2D eigenvalue weighted by molar-refractivity contribution is 0.0976. The van der Waals surface area contributed by atoms with Gasteiger partial charge in [-0.15, -0.1) is 0 Å². The number of benzene rings is 2. The maximum absolute atomic E-state index is 12.0. The molecular formula is C25H34N2O4. The summed E-state index contributed by atoms with van der Waals surface area (Å²) in [6.07, 6.45) is 5.24. The predicted molar refractivity (Wildman–Crippen MR) is 121 cm³/mol. The zero-order chi connectivity index (χ0) is 21.7. The molecule has 1 aliphatic heterocycles. The molecule has 6 heteroatoms. The second-order valence-electron chi connectivity index (χ2n) is 7.99. The van der Waals surface area contributed by atoms with Crippen molar-refractivity contribution < 1.29 is 19.4 Å². The van der Waals surface area contributed by atoms with Crippen molar-refractivity contribution in [3.8, 4) is 11.5 Å². The van der Waals surface area contributed by atoms with Gasteiger partial charge < -0.3 is 24.8 Å². The lowest BCUT2D eigenvalue weighted by Gasteiger charge is -2.26. The Bertz CT molecular complexity index is 761. The number of unbranched alkanes of at least 4 members (excludes halogenated alkanes) is 1. The Labute approximate surface area is 185 Å². The van der Waals surface area contributed by atoms with Gasteiger partial charge in [-0.3, -0.25) is 0 Å². The first kappa shape index (κ1) is 22.9. The number of nitrogens with one attached hydrogen (secondary N) is 1. The summed E-state index contributed by atoms with van der Waals surface area (Å²) in [6, 6.07) is 17.5. The van der Waals surface area contributed by atoms with Crippen molar-refractivity contribution in [2.75, 3.05) is 26.2 Å². The molecule has 1 fully saturated rings. The third kappa shape index (κ3) is 8.50. The van der Waals surface area contributed by atoms with E-state index in [4.69, 9.17) is 9.47 Å². The Morgan fingerprint density at radius 1 is 0.935 bits per heavy atom. The van der Waals surface area contributed by atoms with Crippen LogP contribution in [-0.2, 0) is 6.61 Å².